The average molecular weight is 320 g/mol. The molecule has 2 aromatic rings. The number of hydrogen-bond donors (Lipinski definition) is 1. The third kappa shape index (κ3) is 2.99. The van der Waals surface area contributed by atoms with Gasteiger partial charge in [-0.3, -0.25) is 0 Å². The second-order valence-corrected chi connectivity index (χ2v) is 5.59. The first-order valence-corrected chi connectivity index (χ1v) is 6.98. The van der Waals surface area contributed by atoms with Gasteiger partial charge in [0.05, 0.1) is 13.2 Å². The van der Waals surface area contributed by atoms with E-state index in [0.717, 1.165) is 26.9 Å². The number of hydrogen-bond acceptors (Lipinski definition) is 2. The molecule has 1 atom stereocenters. The topological polar surface area (TPSA) is 35.2 Å². The monoisotopic (exact) mass is 319 g/mol. The van der Waals surface area contributed by atoms with Crippen LogP contribution in [-0.2, 0) is 0 Å². The summed E-state index contributed by atoms with van der Waals surface area (Å²) in [5.41, 5.74) is 10.8. The average Bonchev–Trinajstić information content (AvgIpc) is 2.38. The van der Waals surface area contributed by atoms with Crippen molar-refractivity contribution in [3.8, 4) is 5.75 Å². The van der Waals surface area contributed by atoms with Crippen LogP contribution in [0.2, 0.25) is 0 Å². The molecule has 0 bridgehead atoms. The molecule has 0 aromatic heterocycles. The van der Waals surface area contributed by atoms with Crippen LogP contribution < -0.4 is 10.5 Å². The van der Waals surface area contributed by atoms with Gasteiger partial charge >= 0.3 is 0 Å². The minimum Gasteiger partial charge on any atom is -0.496 e. The second-order valence-electron chi connectivity index (χ2n) is 4.73. The van der Waals surface area contributed by atoms with Gasteiger partial charge in [-0.1, -0.05) is 40.2 Å². The summed E-state index contributed by atoms with van der Waals surface area (Å²) in [5.74, 6) is 0.888. The SMILES string of the molecule is COc1ccc(C(N)c2ccc(C)cc2Br)cc1C. The molecule has 0 amide bonds. The van der Waals surface area contributed by atoms with Gasteiger partial charge in [-0.2, -0.15) is 0 Å². The lowest BCUT2D eigenvalue weighted by Crippen LogP contribution is -2.12. The highest BCUT2D eigenvalue weighted by atomic mass is 79.9. The van der Waals surface area contributed by atoms with E-state index in [4.69, 9.17) is 10.5 Å². The van der Waals surface area contributed by atoms with E-state index in [0.29, 0.717) is 0 Å². The molecule has 0 spiro atoms. The maximum atomic E-state index is 6.36. The molecule has 0 aliphatic carbocycles. The molecule has 0 aliphatic rings. The molecular formula is C16H18BrNO. The normalized spacial score (nSPS) is 12.3. The molecule has 2 aromatic carbocycles. The predicted octanol–water partition coefficient (Wildman–Crippen LogP) is 4.12. The Bertz CT molecular complexity index is 595. The lowest BCUT2D eigenvalue weighted by atomic mass is 9.97. The lowest BCUT2D eigenvalue weighted by Gasteiger charge is -2.16. The van der Waals surface area contributed by atoms with Crippen LogP contribution in [0.5, 0.6) is 5.75 Å². The largest absolute Gasteiger partial charge is 0.496 e. The first-order valence-electron chi connectivity index (χ1n) is 6.19. The Morgan fingerprint density at radius 2 is 1.84 bits per heavy atom. The smallest absolute Gasteiger partial charge is 0.121 e. The first-order chi connectivity index (χ1) is 9.02. The molecular weight excluding hydrogens is 302 g/mol. The van der Waals surface area contributed by atoms with Crippen LogP contribution in [0.4, 0.5) is 0 Å². The van der Waals surface area contributed by atoms with Gasteiger partial charge in [-0.15, -0.1) is 0 Å². The molecule has 0 saturated heterocycles. The number of rotatable bonds is 3. The predicted molar refractivity (Wildman–Crippen MR) is 82.6 cm³/mol. The Labute approximate surface area is 122 Å². The van der Waals surface area contributed by atoms with Crippen molar-refractivity contribution in [3.05, 3.63) is 63.1 Å². The Morgan fingerprint density at radius 3 is 2.42 bits per heavy atom. The van der Waals surface area contributed by atoms with E-state index in [9.17, 15) is 0 Å². The van der Waals surface area contributed by atoms with Crippen molar-refractivity contribution in [1.82, 2.24) is 0 Å². The summed E-state index contributed by atoms with van der Waals surface area (Å²) in [7, 11) is 1.68. The molecule has 0 aliphatic heterocycles. The maximum absolute atomic E-state index is 6.36. The van der Waals surface area contributed by atoms with E-state index in [1.165, 1.54) is 5.56 Å². The van der Waals surface area contributed by atoms with Crippen LogP contribution in [0.15, 0.2) is 40.9 Å². The number of ether oxygens (including phenoxy) is 1. The zero-order valence-electron chi connectivity index (χ0n) is 11.4. The minimum absolute atomic E-state index is 0.139. The van der Waals surface area contributed by atoms with Crippen molar-refractivity contribution in [2.45, 2.75) is 19.9 Å². The highest BCUT2D eigenvalue weighted by Crippen LogP contribution is 2.30. The second kappa shape index (κ2) is 5.76. The van der Waals surface area contributed by atoms with Gasteiger partial charge < -0.3 is 10.5 Å². The molecule has 1 unspecified atom stereocenters. The molecule has 2 rings (SSSR count). The summed E-state index contributed by atoms with van der Waals surface area (Å²) in [6.07, 6.45) is 0. The van der Waals surface area contributed by atoms with Crippen LogP contribution >= 0.6 is 15.9 Å². The van der Waals surface area contributed by atoms with E-state index in [1.807, 2.05) is 19.1 Å². The van der Waals surface area contributed by atoms with Gasteiger partial charge in [-0.05, 0) is 48.2 Å². The van der Waals surface area contributed by atoms with Gasteiger partial charge in [0.2, 0.25) is 0 Å². The van der Waals surface area contributed by atoms with Crippen LogP contribution in [0.1, 0.15) is 28.3 Å². The van der Waals surface area contributed by atoms with E-state index >= 15 is 0 Å². The minimum atomic E-state index is -0.139. The van der Waals surface area contributed by atoms with Crippen LogP contribution in [0.25, 0.3) is 0 Å². The highest BCUT2D eigenvalue weighted by molar-refractivity contribution is 9.10. The number of benzene rings is 2. The quantitative estimate of drug-likeness (QED) is 0.923. The number of aryl methyl sites for hydroxylation is 2. The van der Waals surface area contributed by atoms with Crippen molar-refractivity contribution >= 4 is 15.9 Å². The van der Waals surface area contributed by atoms with E-state index in [-0.39, 0.29) is 6.04 Å². The Kier molecular flexibility index (Phi) is 4.27. The first kappa shape index (κ1) is 14.1. The summed E-state index contributed by atoms with van der Waals surface area (Å²) in [5, 5.41) is 0. The number of halogens is 1. The van der Waals surface area contributed by atoms with Crippen molar-refractivity contribution in [2.75, 3.05) is 7.11 Å². The molecule has 0 radical (unpaired) electrons. The maximum Gasteiger partial charge on any atom is 0.121 e. The zero-order valence-corrected chi connectivity index (χ0v) is 13.0. The lowest BCUT2D eigenvalue weighted by molar-refractivity contribution is 0.411. The van der Waals surface area contributed by atoms with Gasteiger partial charge in [0.1, 0.15) is 5.75 Å². The third-order valence-electron chi connectivity index (χ3n) is 3.27. The summed E-state index contributed by atoms with van der Waals surface area (Å²) in [4.78, 5) is 0. The van der Waals surface area contributed by atoms with Crippen LogP contribution in [0.3, 0.4) is 0 Å². The van der Waals surface area contributed by atoms with Crippen LogP contribution in [0, 0.1) is 13.8 Å². The van der Waals surface area contributed by atoms with Gasteiger partial charge in [-0.25, -0.2) is 0 Å². The van der Waals surface area contributed by atoms with E-state index in [1.54, 1.807) is 7.11 Å². The van der Waals surface area contributed by atoms with Crippen molar-refractivity contribution < 1.29 is 4.74 Å². The molecule has 19 heavy (non-hydrogen) atoms. The summed E-state index contributed by atoms with van der Waals surface area (Å²) in [6, 6.07) is 12.2. The molecule has 2 N–H and O–H groups in total. The van der Waals surface area contributed by atoms with Crippen LogP contribution in [-0.4, -0.2) is 7.11 Å². The highest BCUT2D eigenvalue weighted by Gasteiger charge is 2.13. The Hall–Kier alpha value is -1.32. The third-order valence-corrected chi connectivity index (χ3v) is 3.96. The van der Waals surface area contributed by atoms with Gasteiger partial charge in [0.15, 0.2) is 0 Å². The van der Waals surface area contributed by atoms with Crippen molar-refractivity contribution in [3.63, 3.8) is 0 Å². The summed E-state index contributed by atoms with van der Waals surface area (Å²) >= 11 is 3.59. The molecule has 0 fully saturated rings. The molecule has 2 nitrogen and oxygen atoms in total. The van der Waals surface area contributed by atoms with E-state index in [2.05, 4.69) is 47.1 Å². The zero-order chi connectivity index (χ0) is 14.0. The Morgan fingerprint density at radius 1 is 1.11 bits per heavy atom. The van der Waals surface area contributed by atoms with Gasteiger partial charge in [0.25, 0.3) is 0 Å². The summed E-state index contributed by atoms with van der Waals surface area (Å²) in [6.45, 7) is 4.09. The van der Waals surface area contributed by atoms with Gasteiger partial charge in [0, 0.05) is 4.47 Å². The Balaban J connectivity index is 2.38. The standard InChI is InChI=1S/C16H18BrNO/c1-10-4-6-13(14(17)8-10)16(18)12-5-7-15(19-3)11(2)9-12/h4-9,16H,18H2,1-3H3. The van der Waals surface area contributed by atoms with Crippen molar-refractivity contribution in [1.29, 1.82) is 0 Å². The van der Waals surface area contributed by atoms with Crippen molar-refractivity contribution in [2.24, 2.45) is 5.73 Å². The fraction of sp³-hybridized carbons (Fsp3) is 0.250. The summed E-state index contributed by atoms with van der Waals surface area (Å²) < 4.78 is 6.32. The van der Waals surface area contributed by atoms with E-state index < -0.39 is 0 Å². The fourth-order valence-electron chi connectivity index (χ4n) is 2.16. The fourth-order valence-corrected chi connectivity index (χ4v) is 2.90. The molecule has 0 heterocycles. The number of nitrogens with two attached hydrogens (primary N) is 1. The molecule has 100 valence electrons. The molecule has 3 heteroatoms. The number of methoxy groups -OCH3 is 1. The molecule has 0 saturated carbocycles.